The first-order valence-electron chi connectivity index (χ1n) is 9.86. The van der Waals surface area contributed by atoms with Crippen LogP contribution in [-0.4, -0.2) is 54.9 Å². The van der Waals surface area contributed by atoms with E-state index < -0.39 is 0 Å². The highest BCUT2D eigenvalue weighted by Crippen LogP contribution is 2.34. The van der Waals surface area contributed by atoms with Crippen LogP contribution in [0.25, 0.3) is 0 Å². The predicted molar refractivity (Wildman–Crippen MR) is 103 cm³/mol. The van der Waals surface area contributed by atoms with E-state index in [0.29, 0.717) is 6.04 Å². The van der Waals surface area contributed by atoms with Gasteiger partial charge >= 0.3 is 0 Å². The zero-order valence-electron chi connectivity index (χ0n) is 16.3. The molecule has 0 N–H and O–H groups in total. The fraction of sp³-hybridized carbons (Fsp3) is 0.571. The monoisotopic (exact) mass is 371 g/mol. The Kier molecular flexibility index (Phi) is 5.76. The quantitative estimate of drug-likeness (QED) is 0.777. The van der Waals surface area contributed by atoms with Crippen LogP contribution in [0.4, 0.5) is 0 Å². The average molecular weight is 371 g/mol. The van der Waals surface area contributed by atoms with E-state index in [-0.39, 0.29) is 0 Å². The molecule has 1 atom stereocenters. The van der Waals surface area contributed by atoms with Gasteiger partial charge in [-0.15, -0.1) is 0 Å². The molecule has 0 radical (unpaired) electrons. The second-order valence-electron chi connectivity index (χ2n) is 7.53. The topological polar surface area (TPSA) is 51.0 Å². The van der Waals surface area contributed by atoms with E-state index >= 15 is 0 Å². The van der Waals surface area contributed by atoms with E-state index in [1.165, 1.54) is 17.5 Å². The molecule has 3 heterocycles. The van der Waals surface area contributed by atoms with Crippen molar-refractivity contribution in [1.29, 1.82) is 0 Å². The van der Waals surface area contributed by atoms with Gasteiger partial charge in [0.2, 0.25) is 0 Å². The van der Waals surface area contributed by atoms with E-state index in [4.69, 9.17) is 14.0 Å². The molecule has 0 aliphatic carbocycles. The summed E-state index contributed by atoms with van der Waals surface area (Å²) >= 11 is 0. The van der Waals surface area contributed by atoms with Crippen LogP contribution < -0.4 is 4.74 Å². The molecule has 1 aromatic heterocycles. The number of likely N-dealkylation sites (tertiary alicyclic amines) is 1. The average Bonchev–Trinajstić information content (AvgIpc) is 3.31. The van der Waals surface area contributed by atoms with Gasteiger partial charge in [-0.1, -0.05) is 11.2 Å². The Bertz CT molecular complexity index is 755. The van der Waals surface area contributed by atoms with E-state index in [1.54, 1.807) is 7.11 Å². The number of aryl methyl sites for hydroxylation is 1. The molecule has 0 saturated carbocycles. The summed E-state index contributed by atoms with van der Waals surface area (Å²) in [5.74, 6) is 1.96. The first kappa shape index (κ1) is 18.5. The molecule has 1 aromatic carbocycles. The highest BCUT2D eigenvalue weighted by Gasteiger charge is 2.29. The van der Waals surface area contributed by atoms with Crippen LogP contribution in [0.3, 0.4) is 0 Å². The van der Waals surface area contributed by atoms with Gasteiger partial charge < -0.3 is 14.0 Å². The maximum Gasteiger partial charge on any atom is 0.154 e. The number of aromatic nitrogens is 1. The minimum absolute atomic E-state index is 0.330. The normalized spacial score (nSPS) is 21.6. The summed E-state index contributed by atoms with van der Waals surface area (Å²) in [6.45, 7) is 8.49. The molecule has 4 rings (SSSR count). The molecular formula is C21H29N3O3. The van der Waals surface area contributed by atoms with Gasteiger partial charge in [0.15, 0.2) is 5.76 Å². The molecular weight excluding hydrogens is 342 g/mol. The van der Waals surface area contributed by atoms with Crippen molar-refractivity contribution in [2.24, 2.45) is 0 Å². The van der Waals surface area contributed by atoms with Crippen LogP contribution in [0.5, 0.6) is 5.75 Å². The van der Waals surface area contributed by atoms with Gasteiger partial charge in [-0.3, -0.25) is 9.80 Å². The van der Waals surface area contributed by atoms with Crippen molar-refractivity contribution in [2.45, 2.75) is 38.9 Å². The lowest BCUT2D eigenvalue weighted by molar-refractivity contribution is 0.0338. The smallest absolute Gasteiger partial charge is 0.154 e. The highest BCUT2D eigenvalue weighted by molar-refractivity contribution is 5.37. The lowest BCUT2D eigenvalue weighted by Gasteiger charge is -2.28. The SMILES string of the molecule is COc1ccc(CN2CCC[C@H]2c2cc(C)no2)cc1CN1CCOCC1. The third-order valence-corrected chi connectivity index (χ3v) is 5.57. The van der Waals surface area contributed by atoms with E-state index in [0.717, 1.165) is 69.6 Å². The standard InChI is InChI=1S/C21H29N3O3/c1-16-12-21(27-22-16)19-4-3-7-24(19)14-17-5-6-20(25-2)18(13-17)15-23-8-10-26-11-9-23/h5-6,12-13,19H,3-4,7-11,14-15H2,1-2H3/t19-/m0/s1. The van der Waals surface area contributed by atoms with Gasteiger partial charge in [0.1, 0.15) is 5.75 Å². The van der Waals surface area contributed by atoms with E-state index in [9.17, 15) is 0 Å². The Labute approximate surface area is 161 Å². The molecule has 2 aliphatic heterocycles. The number of ether oxygens (including phenoxy) is 2. The van der Waals surface area contributed by atoms with E-state index in [1.807, 2.05) is 6.92 Å². The fourth-order valence-corrected chi connectivity index (χ4v) is 4.17. The van der Waals surface area contributed by atoms with Crippen molar-refractivity contribution in [1.82, 2.24) is 15.0 Å². The van der Waals surface area contributed by atoms with Crippen LogP contribution in [0.2, 0.25) is 0 Å². The van der Waals surface area contributed by atoms with Crippen LogP contribution in [0.15, 0.2) is 28.8 Å². The van der Waals surface area contributed by atoms with Crippen LogP contribution >= 0.6 is 0 Å². The summed E-state index contributed by atoms with van der Waals surface area (Å²) in [6, 6.07) is 8.99. The Balaban J connectivity index is 1.48. The number of nitrogens with zero attached hydrogens (tertiary/aromatic N) is 3. The summed E-state index contributed by atoms with van der Waals surface area (Å²) in [4.78, 5) is 4.93. The van der Waals surface area contributed by atoms with Gasteiger partial charge in [-0.25, -0.2) is 0 Å². The minimum Gasteiger partial charge on any atom is -0.496 e. The molecule has 0 spiro atoms. The Morgan fingerprint density at radius 2 is 2.00 bits per heavy atom. The molecule has 0 bridgehead atoms. The van der Waals surface area contributed by atoms with Gasteiger partial charge in [0.05, 0.1) is 32.1 Å². The lowest BCUT2D eigenvalue weighted by atomic mass is 10.1. The minimum atomic E-state index is 0.330. The Morgan fingerprint density at radius 3 is 2.74 bits per heavy atom. The van der Waals surface area contributed by atoms with Crippen LogP contribution in [0, 0.1) is 6.92 Å². The van der Waals surface area contributed by atoms with E-state index in [2.05, 4.69) is 39.2 Å². The summed E-state index contributed by atoms with van der Waals surface area (Å²) in [7, 11) is 1.75. The maximum absolute atomic E-state index is 5.61. The van der Waals surface area contributed by atoms with Crippen molar-refractivity contribution >= 4 is 0 Å². The molecule has 6 heteroatoms. The first-order valence-corrected chi connectivity index (χ1v) is 9.86. The van der Waals surface area contributed by atoms with Gasteiger partial charge in [-0.2, -0.15) is 0 Å². The third kappa shape index (κ3) is 4.34. The number of morpholine rings is 1. The molecule has 6 nitrogen and oxygen atoms in total. The molecule has 2 aromatic rings. The van der Waals surface area contributed by atoms with Gasteiger partial charge in [-0.05, 0) is 44.0 Å². The zero-order valence-corrected chi connectivity index (χ0v) is 16.3. The summed E-state index contributed by atoms with van der Waals surface area (Å²) in [5, 5.41) is 4.07. The lowest BCUT2D eigenvalue weighted by Crippen LogP contribution is -2.35. The Morgan fingerprint density at radius 1 is 1.15 bits per heavy atom. The number of rotatable bonds is 6. The molecule has 0 unspecified atom stereocenters. The number of benzene rings is 1. The van der Waals surface area contributed by atoms with Crippen molar-refractivity contribution in [3.8, 4) is 5.75 Å². The summed E-state index contributed by atoms with van der Waals surface area (Å²) in [5.41, 5.74) is 3.53. The largest absolute Gasteiger partial charge is 0.496 e. The van der Waals surface area contributed by atoms with Gasteiger partial charge in [0.25, 0.3) is 0 Å². The number of hydrogen-bond donors (Lipinski definition) is 0. The molecule has 2 fully saturated rings. The van der Waals surface area contributed by atoms with Crippen molar-refractivity contribution in [2.75, 3.05) is 40.0 Å². The van der Waals surface area contributed by atoms with Gasteiger partial charge in [0, 0.05) is 37.8 Å². The molecule has 0 amide bonds. The number of methoxy groups -OCH3 is 1. The molecule has 146 valence electrons. The van der Waals surface area contributed by atoms with Crippen LogP contribution in [0.1, 0.15) is 41.5 Å². The Hall–Kier alpha value is -1.89. The summed E-state index contributed by atoms with van der Waals surface area (Å²) in [6.07, 6.45) is 2.33. The number of hydrogen-bond acceptors (Lipinski definition) is 6. The predicted octanol–water partition coefficient (Wildman–Crippen LogP) is 3.16. The van der Waals surface area contributed by atoms with Crippen molar-refractivity contribution < 1.29 is 14.0 Å². The molecule has 2 aliphatic rings. The highest BCUT2D eigenvalue weighted by atomic mass is 16.5. The fourth-order valence-electron chi connectivity index (χ4n) is 4.17. The van der Waals surface area contributed by atoms with Crippen molar-refractivity contribution in [3.05, 3.63) is 46.8 Å². The molecule has 2 saturated heterocycles. The second-order valence-corrected chi connectivity index (χ2v) is 7.53. The third-order valence-electron chi connectivity index (χ3n) is 5.57. The van der Waals surface area contributed by atoms with Crippen molar-refractivity contribution in [3.63, 3.8) is 0 Å². The molecule has 27 heavy (non-hydrogen) atoms. The zero-order chi connectivity index (χ0) is 18.6. The van der Waals surface area contributed by atoms with Crippen LogP contribution in [-0.2, 0) is 17.8 Å². The second kappa shape index (κ2) is 8.42. The maximum atomic E-state index is 5.61. The summed E-state index contributed by atoms with van der Waals surface area (Å²) < 4.78 is 16.6. The first-order chi connectivity index (χ1) is 13.2.